The summed E-state index contributed by atoms with van der Waals surface area (Å²) in [5.41, 5.74) is 0.506. The summed E-state index contributed by atoms with van der Waals surface area (Å²) in [6.45, 7) is 2.01. The zero-order valence-corrected chi connectivity index (χ0v) is 13.7. The van der Waals surface area contributed by atoms with Gasteiger partial charge in [-0.2, -0.15) is 0 Å². The Kier molecular flexibility index (Phi) is 5.38. The first-order chi connectivity index (χ1) is 10.0. The molecule has 6 nitrogen and oxygen atoms in total. The number of H-pyrrole nitrogens is 1. The fourth-order valence-corrected chi connectivity index (χ4v) is 3.80. The van der Waals surface area contributed by atoms with E-state index in [1.165, 1.54) is 13.2 Å². The van der Waals surface area contributed by atoms with E-state index < -0.39 is 5.97 Å². The smallest absolute Gasteiger partial charge is 0.351 e. The van der Waals surface area contributed by atoms with Gasteiger partial charge in [-0.25, -0.2) is 14.8 Å². The van der Waals surface area contributed by atoms with Crippen LogP contribution in [0.25, 0.3) is 0 Å². The summed E-state index contributed by atoms with van der Waals surface area (Å²) in [6, 6.07) is 1.47. The van der Waals surface area contributed by atoms with Crippen molar-refractivity contribution in [3.05, 3.63) is 32.1 Å². The van der Waals surface area contributed by atoms with Crippen molar-refractivity contribution in [3.8, 4) is 0 Å². The molecule has 0 unspecified atom stereocenters. The number of rotatable bonds is 5. The number of hydrogen-bond donors (Lipinski definition) is 1. The number of aromatic nitrogens is 3. The quantitative estimate of drug-likeness (QED) is 0.662. The van der Waals surface area contributed by atoms with Crippen LogP contribution in [0.4, 0.5) is 0 Å². The minimum absolute atomic E-state index is 0.0846. The van der Waals surface area contributed by atoms with Crippen LogP contribution in [0.5, 0.6) is 0 Å². The molecule has 0 aliphatic heterocycles. The fraction of sp³-hybridized carbons (Fsp3) is 0.333. The number of halogens is 1. The van der Waals surface area contributed by atoms with E-state index >= 15 is 0 Å². The van der Waals surface area contributed by atoms with E-state index in [2.05, 4.69) is 19.7 Å². The molecule has 2 aromatic rings. The highest BCUT2D eigenvalue weighted by Crippen LogP contribution is 2.33. The minimum atomic E-state index is -0.537. The van der Waals surface area contributed by atoms with Gasteiger partial charge in [-0.1, -0.05) is 36.3 Å². The van der Waals surface area contributed by atoms with Crippen LogP contribution in [-0.2, 0) is 11.2 Å². The summed E-state index contributed by atoms with van der Waals surface area (Å²) in [5.74, 6) is -0.537. The Balaban J connectivity index is 2.26. The molecular formula is C12H12ClN3O3S2. The number of carbonyl (C=O) groups is 1. The largest absolute Gasteiger partial charge is 0.465 e. The average molecular weight is 346 g/mol. The minimum Gasteiger partial charge on any atom is -0.465 e. The highest BCUT2D eigenvalue weighted by molar-refractivity contribution is 8.00. The van der Waals surface area contributed by atoms with Gasteiger partial charge in [-0.05, 0) is 18.2 Å². The number of aryl methyl sites for hydroxylation is 1. The summed E-state index contributed by atoms with van der Waals surface area (Å²) < 4.78 is 5.13. The monoisotopic (exact) mass is 345 g/mol. The predicted octanol–water partition coefficient (Wildman–Crippen LogP) is 2.77. The molecule has 2 heterocycles. The zero-order valence-electron chi connectivity index (χ0n) is 11.3. The van der Waals surface area contributed by atoms with E-state index in [1.807, 2.05) is 6.92 Å². The number of carbonyl (C=O) groups excluding carboxylic acids is 1. The lowest BCUT2D eigenvalue weighted by atomic mass is 10.2. The van der Waals surface area contributed by atoms with Gasteiger partial charge in [0.2, 0.25) is 0 Å². The maximum atomic E-state index is 11.6. The molecule has 0 aromatic carbocycles. The number of aromatic amines is 1. The van der Waals surface area contributed by atoms with Crippen LogP contribution in [-0.4, -0.2) is 28.0 Å². The topological polar surface area (TPSA) is 84.9 Å². The molecule has 0 saturated heterocycles. The third-order valence-corrected chi connectivity index (χ3v) is 4.77. The van der Waals surface area contributed by atoms with Crippen molar-refractivity contribution in [2.24, 2.45) is 0 Å². The molecule has 112 valence electrons. The second-order valence-electron chi connectivity index (χ2n) is 3.99. The third kappa shape index (κ3) is 4.05. The van der Waals surface area contributed by atoms with Gasteiger partial charge >= 0.3 is 5.97 Å². The molecular weight excluding hydrogens is 334 g/mol. The van der Waals surface area contributed by atoms with Crippen molar-refractivity contribution < 1.29 is 9.53 Å². The third-order valence-electron chi connectivity index (χ3n) is 2.40. The predicted molar refractivity (Wildman–Crippen MR) is 81.4 cm³/mol. The van der Waals surface area contributed by atoms with Gasteiger partial charge in [0.15, 0.2) is 19.5 Å². The summed E-state index contributed by atoms with van der Waals surface area (Å²) in [4.78, 5) is 34.3. The van der Waals surface area contributed by atoms with Crippen LogP contribution in [0.15, 0.2) is 20.4 Å². The van der Waals surface area contributed by atoms with E-state index in [1.54, 1.807) is 0 Å². The van der Waals surface area contributed by atoms with Crippen LogP contribution in [0.2, 0.25) is 5.15 Å². The van der Waals surface area contributed by atoms with Crippen LogP contribution in [0.1, 0.15) is 28.7 Å². The highest BCUT2D eigenvalue weighted by atomic mass is 35.5. The first-order valence-corrected chi connectivity index (χ1v) is 8.07. The first kappa shape index (κ1) is 16.0. The second-order valence-corrected chi connectivity index (χ2v) is 6.58. The first-order valence-electron chi connectivity index (χ1n) is 6.06. The standard InChI is InChI=1S/C12H12ClN3O3S2/c1-3-4-6-5-7(17)15-11(14-6)21-12-16-9(13)8(20-12)10(18)19-2/h5H,3-4H2,1-2H3,(H,14,15,17). The number of nitrogens with zero attached hydrogens (tertiary/aromatic N) is 2. The molecule has 2 rings (SSSR count). The van der Waals surface area contributed by atoms with Crippen LogP contribution in [0.3, 0.4) is 0 Å². The number of esters is 1. The highest BCUT2D eigenvalue weighted by Gasteiger charge is 2.18. The van der Waals surface area contributed by atoms with Gasteiger partial charge in [0.1, 0.15) is 0 Å². The molecule has 0 bridgehead atoms. The van der Waals surface area contributed by atoms with E-state index in [0.29, 0.717) is 9.50 Å². The molecule has 0 spiro atoms. The van der Waals surface area contributed by atoms with Crippen molar-refractivity contribution in [1.29, 1.82) is 0 Å². The molecule has 1 N–H and O–H groups in total. The van der Waals surface area contributed by atoms with Crippen molar-refractivity contribution in [1.82, 2.24) is 15.0 Å². The van der Waals surface area contributed by atoms with E-state index in [9.17, 15) is 9.59 Å². The van der Waals surface area contributed by atoms with Gasteiger partial charge in [0.05, 0.1) is 7.11 Å². The van der Waals surface area contributed by atoms with E-state index in [0.717, 1.165) is 41.6 Å². The fourth-order valence-electron chi connectivity index (χ4n) is 1.54. The Morgan fingerprint density at radius 3 is 2.95 bits per heavy atom. The number of methoxy groups -OCH3 is 1. The molecule has 0 fully saturated rings. The maximum Gasteiger partial charge on any atom is 0.351 e. The Morgan fingerprint density at radius 2 is 2.29 bits per heavy atom. The molecule has 2 aromatic heterocycles. The zero-order chi connectivity index (χ0) is 15.4. The number of thiazole rings is 1. The number of nitrogens with one attached hydrogen (secondary N) is 1. The number of ether oxygens (including phenoxy) is 1. The van der Waals surface area contributed by atoms with Crippen molar-refractivity contribution in [3.63, 3.8) is 0 Å². The maximum absolute atomic E-state index is 11.6. The summed E-state index contributed by atoms with van der Waals surface area (Å²) >= 11 is 8.14. The Hall–Kier alpha value is -1.38. The van der Waals surface area contributed by atoms with Crippen LogP contribution < -0.4 is 5.56 Å². The molecule has 0 aliphatic rings. The Labute approximate surface area is 133 Å². The molecule has 21 heavy (non-hydrogen) atoms. The van der Waals surface area contributed by atoms with Crippen LogP contribution in [0, 0.1) is 0 Å². The van der Waals surface area contributed by atoms with Crippen molar-refractivity contribution in [2.75, 3.05) is 7.11 Å². The lowest BCUT2D eigenvalue weighted by molar-refractivity contribution is 0.0606. The summed E-state index contributed by atoms with van der Waals surface area (Å²) in [6.07, 6.45) is 1.62. The van der Waals surface area contributed by atoms with Crippen LogP contribution >= 0.6 is 34.7 Å². The second kappa shape index (κ2) is 7.06. The summed E-state index contributed by atoms with van der Waals surface area (Å²) in [5, 5.41) is 0.509. The van der Waals surface area contributed by atoms with Gasteiger partial charge in [0, 0.05) is 11.8 Å². The van der Waals surface area contributed by atoms with E-state index in [-0.39, 0.29) is 15.6 Å². The SMILES string of the molecule is CCCc1cc(=O)[nH]c(Sc2nc(Cl)c(C(=O)OC)s2)n1. The van der Waals surface area contributed by atoms with Crippen molar-refractivity contribution >= 4 is 40.7 Å². The van der Waals surface area contributed by atoms with Gasteiger partial charge in [0.25, 0.3) is 5.56 Å². The van der Waals surface area contributed by atoms with Gasteiger partial charge < -0.3 is 9.72 Å². The van der Waals surface area contributed by atoms with E-state index in [4.69, 9.17) is 11.6 Å². The van der Waals surface area contributed by atoms with Crippen molar-refractivity contribution in [2.45, 2.75) is 29.3 Å². The molecule has 9 heteroatoms. The summed E-state index contributed by atoms with van der Waals surface area (Å²) in [7, 11) is 1.28. The van der Waals surface area contributed by atoms with Gasteiger partial charge in [-0.3, -0.25) is 4.79 Å². The molecule has 0 radical (unpaired) electrons. The normalized spacial score (nSPS) is 10.6. The van der Waals surface area contributed by atoms with Gasteiger partial charge in [-0.15, -0.1) is 0 Å². The molecule has 0 amide bonds. The molecule has 0 atom stereocenters. The molecule has 0 saturated carbocycles. The Bertz CT molecular complexity index is 714. The molecule has 0 aliphatic carbocycles. The number of hydrogen-bond acceptors (Lipinski definition) is 7. The average Bonchev–Trinajstić information content (AvgIpc) is 2.78. The lowest BCUT2D eigenvalue weighted by Gasteiger charge is -2.00. The lowest BCUT2D eigenvalue weighted by Crippen LogP contribution is -2.09. The Morgan fingerprint density at radius 1 is 1.52 bits per heavy atom.